The smallest absolute Gasteiger partial charge is 0.475 e. The second-order valence-corrected chi connectivity index (χ2v) is 8.29. The van der Waals surface area contributed by atoms with Gasteiger partial charge in [0.05, 0.1) is 10.9 Å². The number of amides is 1. The predicted molar refractivity (Wildman–Crippen MR) is 127 cm³/mol. The van der Waals surface area contributed by atoms with Crippen molar-refractivity contribution in [2.75, 3.05) is 31.1 Å². The number of H-pyrrole nitrogens is 1. The van der Waals surface area contributed by atoms with Crippen molar-refractivity contribution in [1.82, 2.24) is 19.5 Å². The van der Waals surface area contributed by atoms with E-state index in [2.05, 4.69) is 15.0 Å². The molecule has 2 aromatic heterocycles. The van der Waals surface area contributed by atoms with Crippen molar-refractivity contribution in [3.63, 3.8) is 0 Å². The number of anilines is 1. The first kappa shape index (κ1) is 25.0. The van der Waals surface area contributed by atoms with E-state index in [9.17, 15) is 22.8 Å². The molecule has 0 aliphatic carbocycles. The maximum Gasteiger partial charge on any atom is 0.490 e. The lowest BCUT2D eigenvalue weighted by Crippen LogP contribution is -2.48. The Bertz CT molecular complexity index is 1480. The summed E-state index contributed by atoms with van der Waals surface area (Å²) in [6, 6.07) is 16.6. The molecule has 0 bridgehead atoms. The molecule has 1 saturated heterocycles. The van der Waals surface area contributed by atoms with Gasteiger partial charge in [0.2, 0.25) is 0 Å². The maximum atomic E-state index is 13.0. The van der Waals surface area contributed by atoms with Gasteiger partial charge in [-0.15, -0.1) is 0 Å². The zero-order chi connectivity index (χ0) is 26.0. The highest BCUT2D eigenvalue weighted by atomic mass is 35.5. The quantitative estimate of drug-likeness (QED) is 0.418. The Balaban J connectivity index is 0.000000384. The minimum atomic E-state index is -5.08. The van der Waals surface area contributed by atoms with Gasteiger partial charge < -0.3 is 19.9 Å². The molecule has 1 aliphatic heterocycles. The van der Waals surface area contributed by atoms with Gasteiger partial charge in [0, 0.05) is 43.0 Å². The molecule has 13 heteroatoms. The molecule has 5 rings (SSSR count). The molecule has 1 fully saturated rings. The van der Waals surface area contributed by atoms with Crippen molar-refractivity contribution in [3.8, 4) is 0 Å². The lowest BCUT2D eigenvalue weighted by atomic mass is 10.2. The van der Waals surface area contributed by atoms with Crippen LogP contribution in [0.25, 0.3) is 16.6 Å². The van der Waals surface area contributed by atoms with Crippen LogP contribution in [-0.4, -0.2) is 68.8 Å². The highest BCUT2D eigenvalue weighted by Gasteiger charge is 2.38. The number of nitrogens with one attached hydrogen (secondary N) is 1. The van der Waals surface area contributed by atoms with Crippen LogP contribution in [0, 0.1) is 0 Å². The number of carboxylic acid groups (broad SMARTS) is 1. The summed E-state index contributed by atoms with van der Waals surface area (Å²) >= 11 is 5.96. The molecule has 2 aromatic carbocycles. The Morgan fingerprint density at radius 3 is 2.22 bits per heavy atom. The number of piperazine rings is 1. The summed E-state index contributed by atoms with van der Waals surface area (Å²) in [7, 11) is 0. The zero-order valence-electron chi connectivity index (χ0n) is 18.5. The molecule has 3 heterocycles. The zero-order valence-corrected chi connectivity index (χ0v) is 19.3. The average Bonchev–Trinajstić information content (AvgIpc) is 3.28. The van der Waals surface area contributed by atoms with Crippen molar-refractivity contribution in [2.45, 2.75) is 6.18 Å². The number of para-hydroxylation sites is 1. The van der Waals surface area contributed by atoms with E-state index in [-0.39, 0.29) is 11.5 Å². The van der Waals surface area contributed by atoms with E-state index >= 15 is 0 Å². The van der Waals surface area contributed by atoms with Crippen LogP contribution in [0.3, 0.4) is 0 Å². The summed E-state index contributed by atoms with van der Waals surface area (Å²) in [4.78, 5) is 41.0. The highest BCUT2D eigenvalue weighted by molar-refractivity contribution is 6.30. The predicted octanol–water partition coefficient (Wildman–Crippen LogP) is 3.42. The van der Waals surface area contributed by atoms with E-state index in [0.717, 1.165) is 18.8 Å². The second-order valence-electron chi connectivity index (χ2n) is 7.86. The van der Waals surface area contributed by atoms with Crippen LogP contribution in [-0.2, 0) is 4.79 Å². The van der Waals surface area contributed by atoms with Gasteiger partial charge in [-0.05, 0) is 36.4 Å². The number of fused-ring (bicyclic) bond motifs is 3. The largest absolute Gasteiger partial charge is 0.490 e. The molecule has 0 radical (unpaired) electrons. The fourth-order valence-electron chi connectivity index (χ4n) is 3.77. The minimum absolute atomic E-state index is 0.130. The van der Waals surface area contributed by atoms with Gasteiger partial charge >= 0.3 is 12.1 Å². The molecule has 188 valence electrons. The van der Waals surface area contributed by atoms with E-state index in [1.165, 1.54) is 0 Å². The van der Waals surface area contributed by atoms with Gasteiger partial charge in [0.25, 0.3) is 11.5 Å². The van der Waals surface area contributed by atoms with Crippen LogP contribution in [0.15, 0.2) is 59.4 Å². The number of carbonyl (C=O) groups is 2. The number of halogens is 4. The summed E-state index contributed by atoms with van der Waals surface area (Å²) in [5.41, 5.74) is 2.42. The molecule has 1 amide bonds. The number of carboxylic acids is 1. The van der Waals surface area contributed by atoms with Crippen molar-refractivity contribution < 1.29 is 27.9 Å². The number of alkyl halides is 3. The number of rotatable bonds is 2. The Morgan fingerprint density at radius 2 is 1.61 bits per heavy atom. The van der Waals surface area contributed by atoms with Crippen LogP contribution >= 0.6 is 11.6 Å². The van der Waals surface area contributed by atoms with Gasteiger partial charge in [-0.2, -0.15) is 18.3 Å². The van der Waals surface area contributed by atoms with E-state index < -0.39 is 12.1 Å². The molecule has 0 atom stereocenters. The number of aromatic amines is 1. The van der Waals surface area contributed by atoms with Crippen molar-refractivity contribution in [2.24, 2.45) is 0 Å². The van der Waals surface area contributed by atoms with Gasteiger partial charge in [-0.1, -0.05) is 23.7 Å². The van der Waals surface area contributed by atoms with Crippen LogP contribution in [0.4, 0.5) is 18.9 Å². The first-order valence-corrected chi connectivity index (χ1v) is 11.0. The molecule has 4 aromatic rings. The molecule has 0 unspecified atom stereocenters. The van der Waals surface area contributed by atoms with E-state index in [1.54, 1.807) is 27.6 Å². The number of hydrogen-bond acceptors (Lipinski definition) is 5. The van der Waals surface area contributed by atoms with E-state index in [4.69, 9.17) is 21.5 Å². The third-order valence-electron chi connectivity index (χ3n) is 5.55. The monoisotopic (exact) mass is 521 g/mol. The molecule has 0 saturated carbocycles. The Morgan fingerprint density at radius 1 is 1.00 bits per heavy atom. The standard InChI is InChI=1S/C21H18ClN5O2.C2HF3O2/c22-14-5-7-15(8-6-14)25-9-11-26(12-10-25)21(29)17-13-19-23-20(28)16-3-1-2-4-18(16)27(19)24-17;3-2(4,5)1(6)7/h1-8,13H,9-12H2,(H,23,28);(H,6,7). The fourth-order valence-corrected chi connectivity index (χ4v) is 3.90. The van der Waals surface area contributed by atoms with Crippen LogP contribution in [0.2, 0.25) is 5.02 Å². The number of aromatic nitrogens is 3. The van der Waals surface area contributed by atoms with Crippen molar-refractivity contribution in [1.29, 1.82) is 0 Å². The van der Waals surface area contributed by atoms with Crippen LogP contribution in [0.1, 0.15) is 10.5 Å². The Labute approximate surface area is 206 Å². The summed E-state index contributed by atoms with van der Waals surface area (Å²) in [6.45, 7) is 2.68. The molecule has 2 N–H and O–H groups in total. The molecular formula is C23H19ClF3N5O4. The number of aliphatic carboxylic acids is 1. The summed E-state index contributed by atoms with van der Waals surface area (Å²) in [6.07, 6.45) is -5.08. The van der Waals surface area contributed by atoms with Crippen LogP contribution in [0.5, 0.6) is 0 Å². The Hall–Kier alpha value is -4.06. The number of hydrogen-bond donors (Lipinski definition) is 2. The third-order valence-corrected chi connectivity index (χ3v) is 5.80. The summed E-state index contributed by atoms with van der Waals surface area (Å²) < 4.78 is 33.4. The molecular weight excluding hydrogens is 503 g/mol. The summed E-state index contributed by atoms with van der Waals surface area (Å²) in [5.74, 6) is -2.89. The fraction of sp³-hybridized carbons (Fsp3) is 0.217. The van der Waals surface area contributed by atoms with Crippen LogP contribution < -0.4 is 10.5 Å². The normalized spacial score (nSPS) is 14.0. The first-order valence-electron chi connectivity index (χ1n) is 10.7. The lowest BCUT2D eigenvalue weighted by Gasteiger charge is -2.35. The molecule has 36 heavy (non-hydrogen) atoms. The maximum absolute atomic E-state index is 13.0. The second kappa shape index (κ2) is 9.90. The van der Waals surface area contributed by atoms with Gasteiger partial charge in [-0.3, -0.25) is 9.59 Å². The van der Waals surface area contributed by atoms with Gasteiger partial charge in [0.1, 0.15) is 5.65 Å². The number of nitrogens with zero attached hydrogens (tertiary/aromatic N) is 4. The molecule has 9 nitrogen and oxygen atoms in total. The number of carbonyl (C=O) groups excluding carboxylic acids is 1. The lowest BCUT2D eigenvalue weighted by molar-refractivity contribution is -0.192. The van der Waals surface area contributed by atoms with Crippen molar-refractivity contribution >= 4 is 45.7 Å². The topological polar surface area (TPSA) is 111 Å². The molecule has 1 aliphatic rings. The summed E-state index contributed by atoms with van der Waals surface area (Å²) in [5, 5.41) is 12.8. The first-order chi connectivity index (χ1) is 17.0. The molecule has 0 spiro atoms. The van der Waals surface area contributed by atoms with E-state index in [1.807, 2.05) is 36.4 Å². The van der Waals surface area contributed by atoms with E-state index in [0.29, 0.717) is 40.4 Å². The third kappa shape index (κ3) is 5.28. The highest BCUT2D eigenvalue weighted by Crippen LogP contribution is 2.20. The minimum Gasteiger partial charge on any atom is -0.475 e. The van der Waals surface area contributed by atoms with Gasteiger partial charge in [-0.25, -0.2) is 9.31 Å². The average molecular weight is 522 g/mol. The SMILES string of the molecule is O=C(O)C(F)(F)F.O=C(c1cc2[nH]c(=O)c3ccccc3n2n1)N1CCN(c2ccc(Cl)cc2)CC1. The van der Waals surface area contributed by atoms with Gasteiger partial charge in [0.15, 0.2) is 5.69 Å². The number of benzene rings is 2. The van der Waals surface area contributed by atoms with Crippen molar-refractivity contribution in [3.05, 3.63) is 75.7 Å². The Kier molecular flexibility index (Phi) is 6.88.